The quantitative estimate of drug-likeness (QED) is 0.360. The van der Waals surface area contributed by atoms with E-state index in [4.69, 9.17) is 9.41 Å². The molecule has 0 spiro atoms. The van der Waals surface area contributed by atoms with Crippen molar-refractivity contribution in [1.82, 2.24) is 20.0 Å². The summed E-state index contributed by atoms with van der Waals surface area (Å²) in [5.41, 5.74) is 2.08. The number of para-hydroxylation sites is 1. The predicted octanol–water partition coefficient (Wildman–Crippen LogP) is 3.06. The molecule has 31 heavy (non-hydrogen) atoms. The first-order chi connectivity index (χ1) is 14.7. The second-order valence-electron chi connectivity index (χ2n) is 8.17. The highest BCUT2D eigenvalue weighted by Crippen LogP contribution is 2.25. The number of nitrogens with one attached hydrogen (secondary N) is 1. The van der Waals surface area contributed by atoms with E-state index < -0.39 is 0 Å². The first kappa shape index (κ1) is 23.8. The fourth-order valence-corrected chi connectivity index (χ4v) is 4.32. The fourth-order valence-electron chi connectivity index (χ4n) is 4.32. The van der Waals surface area contributed by atoms with Crippen LogP contribution in [0.2, 0.25) is 0 Å². The number of furan rings is 1. The lowest BCUT2D eigenvalue weighted by Crippen LogP contribution is -2.54. The van der Waals surface area contributed by atoms with Crippen LogP contribution < -0.4 is 5.32 Å². The molecule has 2 fully saturated rings. The number of carbonyl (C=O) groups is 1. The van der Waals surface area contributed by atoms with Crippen LogP contribution >= 0.6 is 24.0 Å². The van der Waals surface area contributed by atoms with Gasteiger partial charge in [0.15, 0.2) is 5.96 Å². The summed E-state index contributed by atoms with van der Waals surface area (Å²) in [6, 6.07) is 8.13. The highest BCUT2D eigenvalue weighted by atomic mass is 127. The summed E-state index contributed by atoms with van der Waals surface area (Å²) in [4.78, 5) is 23.8. The average molecular weight is 539 g/mol. The predicted molar refractivity (Wildman–Crippen MR) is 135 cm³/mol. The Hall–Kier alpha value is -1.81. The van der Waals surface area contributed by atoms with Crippen molar-refractivity contribution in [3.63, 3.8) is 0 Å². The Morgan fingerprint density at radius 1 is 1.06 bits per heavy atom. The SMILES string of the molecule is CCNC(=NCc1oc2ccccc2c1C)N1CCN(CC(=O)N2CCCC2)CC1.I. The number of carbonyl (C=O) groups excluding carboxylic acids is 1. The Kier molecular flexibility index (Phi) is 8.59. The number of hydrogen-bond acceptors (Lipinski definition) is 4. The van der Waals surface area contributed by atoms with Crippen molar-refractivity contribution >= 4 is 46.8 Å². The number of amides is 1. The summed E-state index contributed by atoms with van der Waals surface area (Å²) >= 11 is 0. The zero-order chi connectivity index (χ0) is 20.9. The second-order valence-corrected chi connectivity index (χ2v) is 8.17. The number of aliphatic imine (C=N–C) groups is 1. The molecule has 8 heteroatoms. The highest BCUT2D eigenvalue weighted by Gasteiger charge is 2.24. The van der Waals surface area contributed by atoms with Crippen molar-refractivity contribution in [2.75, 3.05) is 52.4 Å². The van der Waals surface area contributed by atoms with Gasteiger partial charge in [0.2, 0.25) is 5.91 Å². The van der Waals surface area contributed by atoms with E-state index in [-0.39, 0.29) is 29.9 Å². The van der Waals surface area contributed by atoms with E-state index in [1.807, 2.05) is 23.1 Å². The molecule has 0 atom stereocenters. The third-order valence-corrected chi connectivity index (χ3v) is 6.14. The van der Waals surface area contributed by atoms with Crippen LogP contribution in [0.3, 0.4) is 0 Å². The molecular formula is C23H34IN5O2. The Morgan fingerprint density at radius 2 is 1.77 bits per heavy atom. The van der Waals surface area contributed by atoms with Crippen molar-refractivity contribution in [2.24, 2.45) is 4.99 Å². The van der Waals surface area contributed by atoms with Gasteiger partial charge in [-0.1, -0.05) is 18.2 Å². The van der Waals surface area contributed by atoms with Gasteiger partial charge in [0, 0.05) is 56.8 Å². The van der Waals surface area contributed by atoms with E-state index in [2.05, 4.69) is 35.0 Å². The van der Waals surface area contributed by atoms with Crippen LogP contribution in [0.4, 0.5) is 0 Å². The average Bonchev–Trinajstić information content (AvgIpc) is 3.41. The van der Waals surface area contributed by atoms with E-state index in [0.29, 0.717) is 13.1 Å². The van der Waals surface area contributed by atoms with Crippen molar-refractivity contribution in [2.45, 2.75) is 33.2 Å². The van der Waals surface area contributed by atoms with Gasteiger partial charge < -0.3 is 19.5 Å². The van der Waals surface area contributed by atoms with Crippen LogP contribution in [0.15, 0.2) is 33.7 Å². The summed E-state index contributed by atoms with van der Waals surface area (Å²) < 4.78 is 6.02. The number of rotatable bonds is 5. The monoisotopic (exact) mass is 539 g/mol. The van der Waals surface area contributed by atoms with Crippen LogP contribution in [0.1, 0.15) is 31.1 Å². The normalized spacial score (nSPS) is 17.8. The molecule has 4 rings (SSSR count). The van der Waals surface area contributed by atoms with E-state index in [1.54, 1.807) is 0 Å². The van der Waals surface area contributed by atoms with Gasteiger partial charge in [-0.25, -0.2) is 4.99 Å². The molecule has 1 aromatic carbocycles. The van der Waals surface area contributed by atoms with Crippen LogP contribution in [0.5, 0.6) is 0 Å². The van der Waals surface area contributed by atoms with Crippen LogP contribution in [-0.4, -0.2) is 78.9 Å². The minimum Gasteiger partial charge on any atom is -0.459 e. The van der Waals surface area contributed by atoms with Crippen molar-refractivity contribution < 1.29 is 9.21 Å². The minimum absolute atomic E-state index is 0. The molecule has 2 aliphatic rings. The number of benzene rings is 1. The summed E-state index contributed by atoms with van der Waals surface area (Å²) in [5.74, 6) is 2.12. The molecule has 1 N–H and O–H groups in total. The smallest absolute Gasteiger partial charge is 0.236 e. The van der Waals surface area contributed by atoms with Crippen molar-refractivity contribution in [3.8, 4) is 0 Å². The number of guanidine groups is 1. The maximum absolute atomic E-state index is 12.4. The molecule has 0 aliphatic carbocycles. The highest BCUT2D eigenvalue weighted by molar-refractivity contribution is 14.0. The summed E-state index contributed by atoms with van der Waals surface area (Å²) in [5, 5.41) is 4.57. The largest absolute Gasteiger partial charge is 0.459 e. The van der Waals surface area contributed by atoms with Gasteiger partial charge in [0.05, 0.1) is 6.54 Å². The van der Waals surface area contributed by atoms with Gasteiger partial charge in [-0.3, -0.25) is 9.69 Å². The maximum Gasteiger partial charge on any atom is 0.236 e. The zero-order valence-corrected chi connectivity index (χ0v) is 20.9. The number of fused-ring (bicyclic) bond motifs is 1. The topological polar surface area (TPSA) is 64.3 Å². The summed E-state index contributed by atoms with van der Waals surface area (Å²) in [6.07, 6.45) is 2.29. The lowest BCUT2D eigenvalue weighted by atomic mass is 10.1. The van der Waals surface area contributed by atoms with Crippen molar-refractivity contribution in [1.29, 1.82) is 0 Å². The maximum atomic E-state index is 12.4. The molecule has 0 bridgehead atoms. The molecule has 1 amide bonds. The number of halogens is 1. The third-order valence-electron chi connectivity index (χ3n) is 6.14. The molecule has 2 aromatic rings. The molecule has 3 heterocycles. The van der Waals surface area contributed by atoms with Gasteiger partial charge in [-0.15, -0.1) is 24.0 Å². The third kappa shape index (κ3) is 5.71. The first-order valence-corrected chi connectivity index (χ1v) is 11.2. The van der Waals surface area contributed by atoms with Crippen LogP contribution in [0, 0.1) is 6.92 Å². The molecule has 2 aliphatic heterocycles. The minimum atomic E-state index is 0. The summed E-state index contributed by atoms with van der Waals surface area (Å²) in [7, 11) is 0. The number of likely N-dealkylation sites (tertiary alicyclic amines) is 1. The van der Waals surface area contributed by atoms with E-state index in [1.165, 1.54) is 0 Å². The Labute approximate surface area is 201 Å². The Bertz CT molecular complexity index is 899. The number of aryl methyl sites for hydroxylation is 1. The van der Waals surface area contributed by atoms with Gasteiger partial charge in [0.25, 0.3) is 0 Å². The van der Waals surface area contributed by atoms with Gasteiger partial charge in [-0.2, -0.15) is 0 Å². The molecule has 0 radical (unpaired) electrons. The Morgan fingerprint density at radius 3 is 2.45 bits per heavy atom. The number of piperazine rings is 1. The molecule has 0 saturated carbocycles. The Balaban J connectivity index is 0.00000272. The molecule has 2 saturated heterocycles. The molecule has 7 nitrogen and oxygen atoms in total. The zero-order valence-electron chi connectivity index (χ0n) is 18.6. The number of hydrogen-bond donors (Lipinski definition) is 1. The van der Waals surface area contributed by atoms with Crippen molar-refractivity contribution in [3.05, 3.63) is 35.6 Å². The molecule has 1 aromatic heterocycles. The van der Waals surface area contributed by atoms with E-state index in [0.717, 1.165) is 86.9 Å². The van der Waals surface area contributed by atoms with Gasteiger partial charge in [0.1, 0.15) is 17.9 Å². The number of nitrogens with zero attached hydrogens (tertiary/aromatic N) is 4. The summed E-state index contributed by atoms with van der Waals surface area (Å²) in [6.45, 7) is 11.4. The molecule has 0 unspecified atom stereocenters. The van der Waals surface area contributed by atoms with Gasteiger partial charge in [-0.05, 0) is 32.8 Å². The van der Waals surface area contributed by atoms with Crippen LogP contribution in [-0.2, 0) is 11.3 Å². The van der Waals surface area contributed by atoms with E-state index in [9.17, 15) is 4.79 Å². The standard InChI is InChI=1S/C23H33N5O2.HI/c1-3-24-23(25-16-21-18(2)19-8-4-5-9-20(19)30-21)28-14-12-26(13-15-28)17-22(29)27-10-6-7-11-27;/h4-5,8-9H,3,6-7,10-17H2,1-2H3,(H,24,25);1H. The molecular weight excluding hydrogens is 505 g/mol. The fraction of sp³-hybridized carbons (Fsp3) is 0.565. The lowest BCUT2D eigenvalue weighted by molar-refractivity contribution is -0.131. The first-order valence-electron chi connectivity index (χ1n) is 11.2. The van der Waals surface area contributed by atoms with Gasteiger partial charge >= 0.3 is 0 Å². The van der Waals surface area contributed by atoms with Crippen LogP contribution in [0.25, 0.3) is 11.0 Å². The molecule has 170 valence electrons. The second kappa shape index (κ2) is 11.2. The van der Waals surface area contributed by atoms with E-state index >= 15 is 0 Å². The lowest BCUT2D eigenvalue weighted by Gasteiger charge is -2.36.